The Morgan fingerprint density at radius 3 is 2.71 bits per heavy atom. The summed E-state index contributed by atoms with van der Waals surface area (Å²) in [5.74, 6) is 0.571. The molecule has 0 amide bonds. The highest BCUT2D eigenvalue weighted by Crippen LogP contribution is 2.25. The molecular weight excluding hydrogens is 314 g/mol. The molecule has 0 unspecified atom stereocenters. The second-order valence-electron chi connectivity index (χ2n) is 4.60. The summed E-state index contributed by atoms with van der Waals surface area (Å²) in [5.41, 5.74) is 6.74. The Labute approximate surface area is 128 Å². The number of rotatable bonds is 5. The van der Waals surface area contributed by atoms with Crippen molar-refractivity contribution in [1.29, 1.82) is 0 Å². The molecule has 7 nitrogen and oxygen atoms in total. The molecule has 1 heterocycles. The maximum absolute atomic E-state index is 12.2. The first kappa shape index (κ1) is 15.7. The number of nitrogen functional groups attached to an aromatic ring is 1. The Morgan fingerprint density at radius 1 is 1.43 bits per heavy atom. The molecule has 3 N–H and O–H groups in total. The second kappa shape index (κ2) is 6.00. The number of halogens is 1. The van der Waals surface area contributed by atoms with Crippen molar-refractivity contribution >= 4 is 27.3 Å². The Bertz CT molecular complexity index is 734. The molecule has 21 heavy (non-hydrogen) atoms. The number of hydrogen-bond acceptors (Lipinski definition) is 5. The maximum Gasteiger partial charge on any atom is 0.240 e. The fourth-order valence-corrected chi connectivity index (χ4v) is 3.09. The summed E-state index contributed by atoms with van der Waals surface area (Å²) < 4.78 is 28.4. The van der Waals surface area contributed by atoms with Gasteiger partial charge in [-0.3, -0.25) is 4.68 Å². The monoisotopic (exact) mass is 329 g/mol. The number of nitrogens with one attached hydrogen (secondary N) is 1. The van der Waals surface area contributed by atoms with E-state index in [1.54, 1.807) is 25.0 Å². The SMILES string of the molecule is Cc1c(N)cc(S(=O)(=O)NCCc2ncn(C)n2)cc1Cl. The van der Waals surface area contributed by atoms with Crippen molar-refractivity contribution in [2.24, 2.45) is 7.05 Å². The first-order valence-corrected chi connectivity index (χ1v) is 8.05. The van der Waals surface area contributed by atoms with Gasteiger partial charge in [-0.05, 0) is 24.6 Å². The fourth-order valence-electron chi connectivity index (χ4n) is 1.71. The second-order valence-corrected chi connectivity index (χ2v) is 6.78. The van der Waals surface area contributed by atoms with Crippen LogP contribution in [0.5, 0.6) is 0 Å². The molecule has 0 saturated carbocycles. The Hall–Kier alpha value is -1.64. The van der Waals surface area contributed by atoms with Gasteiger partial charge in [-0.2, -0.15) is 5.10 Å². The molecule has 0 bridgehead atoms. The normalized spacial score (nSPS) is 11.8. The summed E-state index contributed by atoms with van der Waals surface area (Å²) in [7, 11) is -1.91. The molecule has 114 valence electrons. The third-order valence-electron chi connectivity index (χ3n) is 2.96. The van der Waals surface area contributed by atoms with E-state index in [4.69, 9.17) is 17.3 Å². The molecule has 0 aliphatic heterocycles. The number of benzene rings is 1. The van der Waals surface area contributed by atoms with Crippen LogP contribution in [-0.2, 0) is 23.5 Å². The van der Waals surface area contributed by atoms with Crippen molar-refractivity contribution in [2.75, 3.05) is 12.3 Å². The molecule has 0 aliphatic rings. The Morgan fingerprint density at radius 2 is 2.14 bits per heavy atom. The van der Waals surface area contributed by atoms with Crippen molar-refractivity contribution < 1.29 is 8.42 Å². The highest BCUT2D eigenvalue weighted by atomic mass is 35.5. The standard InChI is InChI=1S/C12H16ClN5O2S/c1-8-10(13)5-9(6-11(8)14)21(19,20)16-4-3-12-15-7-18(2)17-12/h5-7,16H,3-4,14H2,1-2H3. The van der Waals surface area contributed by atoms with Crippen LogP contribution in [-0.4, -0.2) is 29.7 Å². The van der Waals surface area contributed by atoms with Crippen molar-refractivity contribution in [3.8, 4) is 0 Å². The molecule has 0 radical (unpaired) electrons. The van der Waals surface area contributed by atoms with Crippen LogP contribution in [0.2, 0.25) is 5.02 Å². The fraction of sp³-hybridized carbons (Fsp3) is 0.333. The number of aryl methyl sites for hydroxylation is 1. The van der Waals surface area contributed by atoms with Gasteiger partial charge in [-0.1, -0.05) is 11.6 Å². The zero-order valence-corrected chi connectivity index (χ0v) is 13.2. The first-order chi connectivity index (χ1) is 9.79. The maximum atomic E-state index is 12.2. The van der Waals surface area contributed by atoms with Crippen molar-refractivity contribution in [2.45, 2.75) is 18.2 Å². The van der Waals surface area contributed by atoms with Crippen LogP contribution in [0.1, 0.15) is 11.4 Å². The highest BCUT2D eigenvalue weighted by Gasteiger charge is 2.16. The van der Waals surface area contributed by atoms with E-state index >= 15 is 0 Å². The topological polar surface area (TPSA) is 103 Å². The van der Waals surface area contributed by atoms with E-state index < -0.39 is 10.0 Å². The van der Waals surface area contributed by atoms with E-state index in [1.807, 2.05) is 0 Å². The molecule has 0 saturated heterocycles. The van der Waals surface area contributed by atoms with Gasteiger partial charge in [0, 0.05) is 30.7 Å². The number of nitrogens with two attached hydrogens (primary N) is 1. The van der Waals surface area contributed by atoms with Crippen LogP contribution in [0.3, 0.4) is 0 Å². The minimum Gasteiger partial charge on any atom is -0.398 e. The number of anilines is 1. The van der Waals surface area contributed by atoms with Crippen LogP contribution in [0.15, 0.2) is 23.4 Å². The molecule has 2 aromatic rings. The summed E-state index contributed by atoms with van der Waals surface area (Å²) in [6, 6.07) is 2.77. The van der Waals surface area contributed by atoms with Gasteiger partial charge in [0.2, 0.25) is 10.0 Å². The van der Waals surface area contributed by atoms with Gasteiger partial charge in [-0.25, -0.2) is 18.1 Å². The van der Waals surface area contributed by atoms with Gasteiger partial charge in [0.1, 0.15) is 6.33 Å². The van der Waals surface area contributed by atoms with E-state index in [9.17, 15) is 8.42 Å². The van der Waals surface area contributed by atoms with Gasteiger partial charge in [0.05, 0.1) is 4.90 Å². The molecule has 1 aromatic carbocycles. The van der Waals surface area contributed by atoms with Crippen LogP contribution in [0.4, 0.5) is 5.69 Å². The predicted octanol–water partition coefficient (Wildman–Crippen LogP) is 0.880. The van der Waals surface area contributed by atoms with Gasteiger partial charge in [0.15, 0.2) is 5.82 Å². The molecule has 0 aliphatic carbocycles. The number of nitrogens with zero attached hydrogens (tertiary/aromatic N) is 3. The van der Waals surface area contributed by atoms with Crippen molar-refractivity contribution in [3.05, 3.63) is 34.9 Å². The third kappa shape index (κ3) is 3.72. The predicted molar refractivity (Wildman–Crippen MR) is 80.5 cm³/mol. The average molecular weight is 330 g/mol. The molecule has 0 atom stereocenters. The zero-order chi connectivity index (χ0) is 15.6. The summed E-state index contributed by atoms with van der Waals surface area (Å²) in [6.45, 7) is 1.92. The van der Waals surface area contributed by atoms with E-state index in [1.165, 1.54) is 12.1 Å². The number of sulfonamides is 1. The lowest BCUT2D eigenvalue weighted by molar-refractivity contribution is 0.580. The molecule has 9 heteroatoms. The van der Waals surface area contributed by atoms with Crippen LogP contribution in [0, 0.1) is 6.92 Å². The van der Waals surface area contributed by atoms with E-state index in [0.29, 0.717) is 28.5 Å². The lowest BCUT2D eigenvalue weighted by atomic mass is 10.2. The van der Waals surface area contributed by atoms with E-state index in [-0.39, 0.29) is 11.4 Å². The van der Waals surface area contributed by atoms with E-state index in [0.717, 1.165) is 0 Å². The summed E-state index contributed by atoms with van der Waals surface area (Å²) in [5, 5.41) is 4.39. The molecule has 2 rings (SSSR count). The number of hydrogen-bond donors (Lipinski definition) is 2. The van der Waals surface area contributed by atoms with Crippen molar-refractivity contribution in [1.82, 2.24) is 19.5 Å². The van der Waals surface area contributed by atoms with Crippen LogP contribution < -0.4 is 10.5 Å². The van der Waals surface area contributed by atoms with E-state index in [2.05, 4.69) is 14.8 Å². The molecule has 0 fully saturated rings. The first-order valence-electron chi connectivity index (χ1n) is 6.19. The molecule has 0 spiro atoms. The van der Waals surface area contributed by atoms with Gasteiger partial charge in [-0.15, -0.1) is 0 Å². The van der Waals surface area contributed by atoms with Gasteiger partial charge < -0.3 is 5.73 Å². The Kier molecular flexibility index (Phi) is 4.50. The quantitative estimate of drug-likeness (QED) is 0.793. The number of aromatic nitrogens is 3. The summed E-state index contributed by atoms with van der Waals surface area (Å²) in [6.07, 6.45) is 1.96. The van der Waals surface area contributed by atoms with Crippen LogP contribution >= 0.6 is 11.6 Å². The Balaban J connectivity index is 2.08. The molecule has 1 aromatic heterocycles. The van der Waals surface area contributed by atoms with Gasteiger partial charge >= 0.3 is 0 Å². The largest absolute Gasteiger partial charge is 0.398 e. The average Bonchev–Trinajstić information content (AvgIpc) is 2.81. The lowest BCUT2D eigenvalue weighted by Crippen LogP contribution is -2.26. The summed E-state index contributed by atoms with van der Waals surface area (Å²) >= 11 is 5.96. The molecular formula is C12H16ClN5O2S. The van der Waals surface area contributed by atoms with Gasteiger partial charge in [0.25, 0.3) is 0 Å². The minimum absolute atomic E-state index is 0.0459. The smallest absolute Gasteiger partial charge is 0.240 e. The van der Waals surface area contributed by atoms with Crippen molar-refractivity contribution in [3.63, 3.8) is 0 Å². The third-order valence-corrected chi connectivity index (χ3v) is 4.79. The minimum atomic E-state index is -3.66. The van der Waals surface area contributed by atoms with Crippen LogP contribution in [0.25, 0.3) is 0 Å². The highest BCUT2D eigenvalue weighted by molar-refractivity contribution is 7.89. The zero-order valence-electron chi connectivity index (χ0n) is 11.7. The lowest BCUT2D eigenvalue weighted by Gasteiger charge is -2.09. The summed E-state index contributed by atoms with van der Waals surface area (Å²) in [4.78, 5) is 4.07.